The minimum atomic E-state index is -0.713. The first kappa shape index (κ1) is 22.0. The van der Waals surface area contributed by atoms with Gasteiger partial charge in [-0.2, -0.15) is 0 Å². The van der Waals surface area contributed by atoms with Crippen LogP contribution in [0.5, 0.6) is 0 Å². The lowest BCUT2D eigenvalue weighted by atomic mass is 9.99. The summed E-state index contributed by atoms with van der Waals surface area (Å²) in [5.41, 5.74) is 6.04. The molecule has 0 aliphatic heterocycles. The zero-order chi connectivity index (χ0) is 23.8. The van der Waals surface area contributed by atoms with Gasteiger partial charge in [-0.3, -0.25) is 10.0 Å². The van der Waals surface area contributed by atoms with E-state index in [1.165, 1.54) is 23.9 Å². The van der Waals surface area contributed by atoms with E-state index in [-0.39, 0.29) is 12.2 Å². The van der Waals surface area contributed by atoms with Crippen molar-refractivity contribution in [3.8, 4) is 0 Å². The lowest BCUT2D eigenvalue weighted by Gasteiger charge is -2.07. The largest absolute Gasteiger partial charge is 0.341 e. The summed E-state index contributed by atoms with van der Waals surface area (Å²) in [4.78, 5) is 16.1. The normalized spacial score (nSPS) is 17.0. The van der Waals surface area contributed by atoms with E-state index in [2.05, 4.69) is 23.7 Å². The number of carbonyl (C=O) groups is 1. The Kier molecular flexibility index (Phi) is 5.71. The molecule has 2 aromatic carbocycles. The van der Waals surface area contributed by atoms with Gasteiger partial charge in [0.15, 0.2) is 0 Å². The highest BCUT2D eigenvalue weighted by Crippen LogP contribution is 2.52. The van der Waals surface area contributed by atoms with E-state index in [9.17, 15) is 13.6 Å². The first-order valence-electron chi connectivity index (χ1n) is 11.0. The van der Waals surface area contributed by atoms with E-state index in [1.54, 1.807) is 11.5 Å². The second-order valence-corrected chi connectivity index (χ2v) is 8.74. The van der Waals surface area contributed by atoms with Crippen LogP contribution in [-0.2, 0) is 13.0 Å². The van der Waals surface area contributed by atoms with Crippen molar-refractivity contribution in [2.24, 2.45) is 5.92 Å². The van der Waals surface area contributed by atoms with Gasteiger partial charge in [-0.05, 0) is 47.9 Å². The van der Waals surface area contributed by atoms with Gasteiger partial charge < -0.3 is 4.57 Å². The van der Waals surface area contributed by atoms with Gasteiger partial charge in [0.1, 0.15) is 17.3 Å². The van der Waals surface area contributed by atoms with Gasteiger partial charge >= 0.3 is 0 Å². The maximum Gasteiger partial charge on any atom is 0.293 e. The van der Waals surface area contributed by atoms with Crippen LogP contribution >= 0.6 is 0 Å². The van der Waals surface area contributed by atoms with Crippen LogP contribution < -0.4 is 5.48 Å². The molecule has 1 fully saturated rings. The lowest BCUT2D eigenvalue weighted by molar-refractivity contribution is 0.0701. The molecule has 5 nitrogen and oxygen atoms in total. The Morgan fingerprint density at radius 2 is 1.94 bits per heavy atom. The van der Waals surface area contributed by atoms with Crippen LogP contribution in [0.2, 0.25) is 0 Å². The van der Waals surface area contributed by atoms with Crippen molar-refractivity contribution in [3.63, 3.8) is 0 Å². The standard InChI is InChI=1S/C27H23F2N3O2/c1-16(21-11-22(21)17-5-3-2-4-6-17)9-19-15-32(14-18-7-8-20(28)10-24(18)29)26-13-30-25(12-23(19)26)27(33)31-34/h2-8,10,12-13,15,21-22,34H,1,9,11,14H2,(H,31,33)/t21?,22-/m0/s1. The summed E-state index contributed by atoms with van der Waals surface area (Å²) in [6.45, 7) is 4.52. The van der Waals surface area contributed by atoms with Crippen molar-refractivity contribution in [2.75, 3.05) is 0 Å². The van der Waals surface area contributed by atoms with Gasteiger partial charge in [0.2, 0.25) is 0 Å². The van der Waals surface area contributed by atoms with E-state index in [1.807, 2.05) is 29.0 Å². The number of hydroxylamine groups is 1. The number of amides is 1. The molecule has 4 aromatic rings. The summed E-state index contributed by atoms with van der Waals surface area (Å²) in [6.07, 6.45) is 5.06. The van der Waals surface area contributed by atoms with Crippen LogP contribution in [0.15, 0.2) is 79.1 Å². The third kappa shape index (κ3) is 4.22. The van der Waals surface area contributed by atoms with E-state index < -0.39 is 17.5 Å². The highest BCUT2D eigenvalue weighted by Gasteiger charge is 2.39. The van der Waals surface area contributed by atoms with Crippen molar-refractivity contribution in [1.82, 2.24) is 15.0 Å². The number of allylic oxidation sites excluding steroid dienone is 1. The molecule has 1 amide bonds. The van der Waals surface area contributed by atoms with E-state index in [0.29, 0.717) is 29.3 Å². The molecule has 2 heterocycles. The fourth-order valence-corrected chi connectivity index (χ4v) is 4.64. The number of hydrogen-bond acceptors (Lipinski definition) is 3. The Morgan fingerprint density at radius 1 is 1.15 bits per heavy atom. The number of fused-ring (bicyclic) bond motifs is 1. The molecule has 5 rings (SSSR count). The summed E-state index contributed by atoms with van der Waals surface area (Å²) in [7, 11) is 0. The molecule has 2 atom stereocenters. The van der Waals surface area contributed by atoms with Gasteiger partial charge in [0.25, 0.3) is 5.91 Å². The van der Waals surface area contributed by atoms with Gasteiger partial charge in [-0.1, -0.05) is 48.6 Å². The number of pyridine rings is 1. The number of rotatable bonds is 7. The molecule has 34 heavy (non-hydrogen) atoms. The molecular formula is C27H23F2N3O2. The maximum absolute atomic E-state index is 14.3. The SMILES string of the molecule is C=C(Cc1cn(Cc2ccc(F)cc2F)c2cnc(C(=O)NO)cc12)C1C[C@H]1c1ccccc1. The molecule has 1 saturated carbocycles. The zero-order valence-corrected chi connectivity index (χ0v) is 18.3. The lowest BCUT2D eigenvalue weighted by Crippen LogP contribution is -2.19. The van der Waals surface area contributed by atoms with Gasteiger partial charge in [-0.25, -0.2) is 19.2 Å². The number of hydrogen-bond donors (Lipinski definition) is 2. The van der Waals surface area contributed by atoms with Gasteiger partial charge in [0.05, 0.1) is 18.3 Å². The second-order valence-electron chi connectivity index (χ2n) is 8.74. The van der Waals surface area contributed by atoms with Crippen molar-refractivity contribution < 1.29 is 18.8 Å². The number of aromatic nitrogens is 2. The Bertz CT molecular complexity index is 1400. The number of carbonyl (C=O) groups excluding carboxylic acids is 1. The van der Waals surface area contributed by atoms with E-state index in [4.69, 9.17) is 5.21 Å². The van der Waals surface area contributed by atoms with Crippen LogP contribution in [0.3, 0.4) is 0 Å². The Morgan fingerprint density at radius 3 is 2.68 bits per heavy atom. The molecule has 1 aliphatic carbocycles. The predicted octanol–water partition coefficient (Wildman–Crippen LogP) is 5.38. The maximum atomic E-state index is 14.3. The Hall–Kier alpha value is -3.84. The summed E-state index contributed by atoms with van der Waals surface area (Å²) < 4.78 is 29.5. The highest BCUT2D eigenvalue weighted by atomic mass is 19.1. The number of benzene rings is 2. The number of halogens is 2. The first-order valence-corrected chi connectivity index (χ1v) is 11.0. The van der Waals surface area contributed by atoms with Crippen molar-refractivity contribution in [1.29, 1.82) is 0 Å². The smallest absolute Gasteiger partial charge is 0.293 e. The quantitative estimate of drug-likeness (QED) is 0.221. The van der Waals surface area contributed by atoms with Crippen LogP contribution in [0.1, 0.15) is 39.5 Å². The van der Waals surface area contributed by atoms with Crippen molar-refractivity contribution >= 4 is 16.8 Å². The topological polar surface area (TPSA) is 67.2 Å². The van der Waals surface area contributed by atoms with Crippen LogP contribution in [0, 0.1) is 17.6 Å². The Labute approximate surface area is 195 Å². The number of nitrogens with one attached hydrogen (secondary N) is 1. The minimum absolute atomic E-state index is 0.0705. The zero-order valence-electron chi connectivity index (χ0n) is 18.3. The molecule has 172 valence electrons. The fourth-order valence-electron chi connectivity index (χ4n) is 4.64. The van der Waals surface area contributed by atoms with E-state index >= 15 is 0 Å². The summed E-state index contributed by atoms with van der Waals surface area (Å²) in [5.74, 6) is -1.14. The molecule has 1 aliphatic rings. The van der Waals surface area contributed by atoms with Crippen molar-refractivity contribution in [3.05, 3.63) is 113 Å². The second kappa shape index (κ2) is 8.83. The summed E-state index contributed by atoms with van der Waals surface area (Å²) >= 11 is 0. The van der Waals surface area contributed by atoms with Gasteiger partial charge in [0, 0.05) is 23.2 Å². The summed E-state index contributed by atoms with van der Waals surface area (Å²) in [5, 5.41) is 9.79. The third-order valence-corrected chi connectivity index (χ3v) is 6.50. The van der Waals surface area contributed by atoms with E-state index in [0.717, 1.165) is 29.0 Å². The molecule has 0 spiro atoms. The molecule has 2 aromatic heterocycles. The van der Waals surface area contributed by atoms with Gasteiger partial charge in [-0.15, -0.1) is 0 Å². The van der Waals surface area contributed by atoms with Crippen LogP contribution in [0.25, 0.3) is 10.9 Å². The molecule has 0 radical (unpaired) electrons. The van der Waals surface area contributed by atoms with Crippen LogP contribution in [0.4, 0.5) is 8.78 Å². The molecule has 0 bridgehead atoms. The van der Waals surface area contributed by atoms with Crippen molar-refractivity contribution in [2.45, 2.75) is 25.3 Å². The summed E-state index contributed by atoms with van der Waals surface area (Å²) in [6, 6.07) is 15.5. The molecule has 2 N–H and O–H groups in total. The molecule has 7 heteroatoms. The highest BCUT2D eigenvalue weighted by molar-refractivity contribution is 5.96. The third-order valence-electron chi connectivity index (χ3n) is 6.50. The predicted molar refractivity (Wildman–Crippen MR) is 125 cm³/mol. The average Bonchev–Trinajstić information content (AvgIpc) is 3.59. The minimum Gasteiger partial charge on any atom is -0.341 e. The molecule has 0 saturated heterocycles. The van der Waals surface area contributed by atoms with Crippen LogP contribution in [-0.4, -0.2) is 20.7 Å². The fraction of sp³-hybridized carbons (Fsp3) is 0.185. The first-order chi connectivity index (χ1) is 16.4. The monoisotopic (exact) mass is 459 g/mol. The average molecular weight is 459 g/mol. The molecular weight excluding hydrogens is 436 g/mol. The number of nitrogens with zero attached hydrogens (tertiary/aromatic N) is 2. The molecule has 1 unspecified atom stereocenters. The Balaban J connectivity index is 1.47.